The van der Waals surface area contributed by atoms with Crippen LogP contribution in [-0.4, -0.2) is 19.1 Å². The summed E-state index contributed by atoms with van der Waals surface area (Å²) in [5, 5.41) is 6.78. The Morgan fingerprint density at radius 3 is 1.71 bits per heavy atom. The maximum atomic E-state index is 6.47. The quantitative estimate of drug-likeness (QED) is 0.190. The molecule has 0 atom stereocenters. The van der Waals surface area contributed by atoms with Crippen molar-refractivity contribution in [3.63, 3.8) is 0 Å². The second kappa shape index (κ2) is 10.8. The van der Waals surface area contributed by atoms with E-state index in [1.165, 1.54) is 16.3 Å². The standard InChI is InChI=1S/C46H28N4O/c1-4-14-29(15-5-1)37-27-38(30-16-6-2-7-17-30)48-46(47-37)50-41-28-40-35(32-20-10-12-22-39(32)49(40)31-18-8-3-9-19-31)26-36(41)33-24-25-43-44(45(33)50)34-21-11-13-23-42(34)51-43/h1-28H. The van der Waals surface area contributed by atoms with Crippen molar-refractivity contribution >= 4 is 65.6 Å². The molecule has 51 heavy (non-hydrogen) atoms. The van der Waals surface area contributed by atoms with Gasteiger partial charge in [0.15, 0.2) is 0 Å². The fourth-order valence-corrected chi connectivity index (χ4v) is 7.88. The van der Waals surface area contributed by atoms with E-state index in [1.54, 1.807) is 0 Å². The first-order valence-corrected chi connectivity index (χ1v) is 17.2. The van der Waals surface area contributed by atoms with Crippen molar-refractivity contribution in [2.24, 2.45) is 0 Å². The van der Waals surface area contributed by atoms with Crippen LogP contribution in [0.2, 0.25) is 0 Å². The van der Waals surface area contributed by atoms with Crippen molar-refractivity contribution in [1.82, 2.24) is 19.1 Å². The molecule has 0 aliphatic heterocycles. The first-order chi connectivity index (χ1) is 25.3. The molecule has 0 radical (unpaired) electrons. The Kier molecular flexibility index (Phi) is 5.89. The van der Waals surface area contributed by atoms with Gasteiger partial charge in [-0.25, -0.2) is 9.97 Å². The molecule has 0 aliphatic carbocycles. The summed E-state index contributed by atoms with van der Waals surface area (Å²) in [6.07, 6.45) is 0. The number of aromatic nitrogens is 4. The van der Waals surface area contributed by atoms with Crippen LogP contribution in [0.25, 0.3) is 99.7 Å². The van der Waals surface area contributed by atoms with Crippen molar-refractivity contribution in [2.75, 3.05) is 0 Å². The summed E-state index contributed by atoms with van der Waals surface area (Å²) in [6, 6.07) is 59.4. The zero-order valence-electron chi connectivity index (χ0n) is 27.4. The lowest BCUT2D eigenvalue weighted by Gasteiger charge is -2.12. The van der Waals surface area contributed by atoms with Crippen molar-refractivity contribution in [3.8, 4) is 34.2 Å². The van der Waals surface area contributed by atoms with Gasteiger partial charge in [-0.05, 0) is 54.6 Å². The highest BCUT2D eigenvalue weighted by molar-refractivity contribution is 6.26. The molecular weight excluding hydrogens is 625 g/mol. The molecule has 0 amide bonds. The molecule has 0 bridgehead atoms. The highest BCUT2D eigenvalue weighted by atomic mass is 16.3. The van der Waals surface area contributed by atoms with E-state index in [1.807, 2.05) is 24.3 Å². The van der Waals surface area contributed by atoms with Crippen molar-refractivity contribution in [1.29, 1.82) is 0 Å². The van der Waals surface area contributed by atoms with Gasteiger partial charge in [-0.15, -0.1) is 0 Å². The molecule has 238 valence electrons. The third kappa shape index (κ3) is 4.15. The predicted molar refractivity (Wildman–Crippen MR) is 209 cm³/mol. The Hall–Kier alpha value is -6.98. The molecule has 11 rings (SSSR count). The Labute approximate surface area is 292 Å². The first-order valence-electron chi connectivity index (χ1n) is 17.2. The van der Waals surface area contributed by atoms with Gasteiger partial charge in [0.25, 0.3) is 0 Å². The van der Waals surface area contributed by atoms with Crippen molar-refractivity contribution in [2.45, 2.75) is 0 Å². The number of benzene rings is 7. The fourth-order valence-electron chi connectivity index (χ4n) is 7.88. The van der Waals surface area contributed by atoms with Crippen LogP contribution in [0.15, 0.2) is 174 Å². The fraction of sp³-hybridized carbons (Fsp3) is 0. The van der Waals surface area contributed by atoms with E-state index in [4.69, 9.17) is 14.4 Å². The van der Waals surface area contributed by atoms with E-state index in [0.717, 1.165) is 77.5 Å². The number of furan rings is 1. The molecule has 0 aliphatic rings. The summed E-state index contributed by atoms with van der Waals surface area (Å²) in [6.45, 7) is 0. The lowest BCUT2D eigenvalue weighted by molar-refractivity contribution is 0.669. The molecule has 5 heteroatoms. The zero-order chi connectivity index (χ0) is 33.5. The Balaban J connectivity index is 1.35. The summed E-state index contributed by atoms with van der Waals surface area (Å²) in [5.41, 5.74) is 10.9. The summed E-state index contributed by atoms with van der Waals surface area (Å²) in [7, 11) is 0. The van der Waals surface area contributed by atoms with Crippen LogP contribution < -0.4 is 0 Å². The van der Waals surface area contributed by atoms with Gasteiger partial charge in [-0.2, -0.15) is 0 Å². The third-order valence-corrected chi connectivity index (χ3v) is 10.1. The summed E-state index contributed by atoms with van der Waals surface area (Å²) in [5.74, 6) is 0.606. The largest absolute Gasteiger partial charge is 0.456 e. The maximum absolute atomic E-state index is 6.47. The number of rotatable bonds is 4. The average molecular weight is 653 g/mol. The van der Waals surface area contributed by atoms with E-state index in [0.29, 0.717) is 5.95 Å². The molecule has 11 aromatic rings. The molecule has 0 spiro atoms. The molecule has 0 unspecified atom stereocenters. The summed E-state index contributed by atoms with van der Waals surface area (Å²) < 4.78 is 11.1. The van der Waals surface area contributed by atoms with Crippen molar-refractivity contribution in [3.05, 3.63) is 170 Å². The number of hydrogen-bond donors (Lipinski definition) is 0. The van der Waals surface area contributed by atoms with E-state index >= 15 is 0 Å². The molecule has 5 nitrogen and oxygen atoms in total. The first kappa shape index (κ1) is 27.9. The predicted octanol–water partition coefficient (Wildman–Crippen LogP) is 11.9. The normalized spacial score (nSPS) is 11.9. The van der Waals surface area contributed by atoms with Crippen LogP contribution in [0.4, 0.5) is 0 Å². The molecular formula is C46H28N4O. The van der Waals surface area contributed by atoms with Crippen molar-refractivity contribution < 1.29 is 4.42 Å². The molecule has 0 fully saturated rings. The Morgan fingerprint density at radius 2 is 0.980 bits per heavy atom. The number of para-hydroxylation sites is 3. The lowest BCUT2D eigenvalue weighted by atomic mass is 10.1. The Morgan fingerprint density at radius 1 is 0.392 bits per heavy atom. The SMILES string of the molecule is c1ccc(-c2cc(-c3ccccc3)nc(-n3c4cc5c(cc4c4ccc6oc7ccccc7c6c43)c3ccccc3n5-c3ccccc3)n2)cc1. The minimum atomic E-state index is 0.606. The van der Waals surface area contributed by atoms with Gasteiger partial charge in [-0.3, -0.25) is 4.57 Å². The van der Waals surface area contributed by atoms with E-state index in [-0.39, 0.29) is 0 Å². The van der Waals surface area contributed by atoms with Crippen LogP contribution in [0.1, 0.15) is 0 Å². The second-order valence-corrected chi connectivity index (χ2v) is 13.0. The van der Waals surface area contributed by atoms with Crippen LogP contribution in [0, 0.1) is 0 Å². The van der Waals surface area contributed by atoms with Gasteiger partial charge < -0.3 is 8.98 Å². The minimum Gasteiger partial charge on any atom is -0.456 e. The second-order valence-electron chi connectivity index (χ2n) is 13.0. The van der Waals surface area contributed by atoms with Gasteiger partial charge >= 0.3 is 0 Å². The van der Waals surface area contributed by atoms with Gasteiger partial charge in [0.05, 0.1) is 38.8 Å². The zero-order valence-corrected chi connectivity index (χ0v) is 27.4. The minimum absolute atomic E-state index is 0.606. The molecule has 7 aromatic carbocycles. The van der Waals surface area contributed by atoms with Crippen LogP contribution in [-0.2, 0) is 0 Å². The number of nitrogens with zero attached hydrogens (tertiary/aromatic N) is 4. The Bertz CT molecular complexity index is 3060. The van der Waals surface area contributed by atoms with E-state index in [9.17, 15) is 0 Å². The summed E-state index contributed by atoms with van der Waals surface area (Å²) >= 11 is 0. The molecule has 0 N–H and O–H groups in total. The van der Waals surface area contributed by atoms with Crippen LogP contribution >= 0.6 is 0 Å². The average Bonchev–Trinajstić information content (AvgIpc) is 3.85. The van der Waals surface area contributed by atoms with Gasteiger partial charge in [0, 0.05) is 43.7 Å². The van der Waals surface area contributed by atoms with E-state index < -0.39 is 0 Å². The van der Waals surface area contributed by atoms with Crippen LogP contribution in [0.5, 0.6) is 0 Å². The highest BCUT2D eigenvalue weighted by Gasteiger charge is 2.24. The molecule has 0 saturated carbocycles. The third-order valence-electron chi connectivity index (χ3n) is 10.1. The van der Waals surface area contributed by atoms with Crippen LogP contribution in [0.3, 0.4) is 0 Å². The van der Waals surface area contributed by atoms with E-state index in [2.05, 4.69) is 155 Å². The number of fused-ring (bicyclic) bond motifs is 10. The molecule has 4 aromatic heterocycles. The van der Waals surface area contributed by atoms with Gasteiger partial charge in [0.2, 0.25) is 5.95 Å². The van der Waals surface area contributed by atoms with Gasteiger partial charge in [-0.1, -0.05) is 115 Å². The smallest absolute Gasteiger partial charge is 0.235 e. The summed E-state index contributed by atoms with van der Waals surface area (Å²) in [4.78, 5) is 10.7. The maximum Gasteiger partial charge on any atom is 0.235 e. The lowest BCUT2D eigenvalue weighted by Crippen LogP contribution is -2.04. The van der Waals surface area contributed by atoms with Gasteiger partial charge in [0.1, 0.15) is 11.2 Å². The number of hydrogen-bond acceptors (Lipinski definition) is 3. The topological polar surface area (TPSA) is 48.8 Å². The monoisotopic (exact) mass is 652 g/mol. The molecule has 0 saturated heterocycles. The highest BCUT2D eigenvalue weighted by Crippen LogP contribution is 2.43. The molecule has 4 heterocycles.